The van der Waals surface area contributed by atoms with Gasteiger partial charge < -0.3 is 10.4 Å². The molecule has 0 aliphatic heterocycles. The van der Waals surface area contributed by atoms with E-state index in [1.807, 2.05) is 0 Å². The van der Waals surface area contributed by atoms with Crippen LogP contribution in [0.25, 0.3) is 0 Å². The molecule has 6 nitrogen and oxygen atoms in total. The number of benzene rings is 1. The third-order valence-electron chi connectivity index (χ3n) is 3.41. The van der Waals surface area contributed by atoms with Crippen molar-refractivity contribution in [3.8, 4) is 0 Å². The maximum absolute atomic E-state index is 12.0. The Kier molecular flexibility index (Phi) is 4.12. The second-order valence-corrected chi connectivity index (χ2v) is 6.81. The minimum absolute atomic E-state index is 0.291. The van der Waals surface area contributed by atoms with Crippen LogP contribution in [-0.4, -0.2) is 25.0 Å². The standard InChI is InChI=1S/C13H18N2O4S/c14-20(18,19)9-10-4-3-5-11(8-10)15-12(16)13(17)6-1-2-7-13/h3-5,8,17H,1-2,6-7,9H2,(H,15,16)(H2,14,18,19). The summed E-state index contributed by atoms with van der Waals surface area (Å²) >= 11 is 0. The van der Waals surface area contributed by atoms with E-state index in [9.17, 15) is 18.3 Å². The lowest BCUT2D eigenvalue weighted by Gasteiger charge is -2.21. The molecule has 0 saturated heterocycles. The van der Waals surface area contributed by atoms with Crippen molar-refractivity contribution in [1.29, 1.82) is 0 Å². The number of carbonyl (C=O) groups excluding carboxylic acids is 1. The average Bonchev–Trinajstić information content (AvgIpc) is 2.76. The van der Waals surface area contributed by atoms with Gasteiger partial charge in [-0.3, -0.25) is 4.79 Å². The van der Waals surface area contributed by atoms with Gasteiger partial charge in [0, 0.05) is 5.69 Å². The number of hydrogen-bond donors (Lipinski definition) is 3. The van der Waals surface area contributed by atoms with Crippen LogP contribution in [0.15, 0.2) is 24.3 Å². The lowest BCUT2D eigenvalue weighted by atomic mass is 10.0. The SMILES string of the molecule is NS(=O)(=O)Cc1cccc(NC(=O)C2(O)CCCC2)c1. The van der Waals surface area contributed by atoms with E-state index in [2.05, 4.69) is 5.32 Å². The Bertz CT molecular complexity index is 607. The highest BCUT2D eigenvalue weighted by atomic mass is 32.2. The van der Waals surface area contributed by atoms with Crippen LogP contribution in [0.4, 0.5) is 5.69 Å². The van der Waals surface area contributed by atoms with Crippen LogP contribution < -0.4 is 10.5 Å². The van der Waals surface area contributed by atoms with Gasteiger partial charge in [-0.15, -0.1) is 0 Å². The highest BCUT2D eigenvalue weighted by Crippen LogP contribution is 2.30. The van der Waals surface area contributed by atoms with Crippen molar-refractivity contribution in [3.63, 3.8) is 0 Å². The monoisotopic (exact) mass is 298 g/mol. The topological polar surface area (TPSA) is 109 Å². The molecule has 1 saturated carbocycles. The summed E-state index contributed by atoms with van der Waals surface area (Å²) in [5.74, 6) is -0.733. The Labute approximate surface area is 118 Å². The molecule has 1 aromatic carbocycles. The van der Waals surface area contributed by atoms with Gasteiger partial charge in [0.2, 0.25) is 10.0 Å². The van der Waals surface area contributed by atoms with Crippen molar-refractivity contribution in [2.45, 2.75) is 37.0 Å². The maximum Gasteiger partial charge on any atom is 0.256 e. The normalized spacial score (nSPS) is 17.9. The summed E-state index contributed by atoms with van der Waals surface area (Å²) in [7, 11) is -3.61. The number of hydrogen-bond acceptors (Lipinski definition) is 4. The van der Waals surface area contributed by atoms with Gasteiger partial charge in [0.15, 0.2) is 0 Å². The van der Waals surface area contributed by atoms with Gasteiger partial charge in [0.05, 0.1) is 5.75 Å². The van der Waals surface area contributed by atoms with Crippen LogP contribution in [0.1, 0.15) is 31.2 Å². The fourth-order valence-corrected chi connectivity index (χ4v) is 3.05. The van der Waals surface area contributed by atoms with Crippen molar-refractivity contribution < 1.29 is 18.3 Å². The van der Waals surface area contributed by atoms with Crippen LogP contribution in [-0.2, 0) is 20.6 Å². The molecule has 110 valence electrons. The summed E-state index contributed by atoms with van der Waals surface area (Å²) < 4.78 is 22.1. The van der Waals surface area contributed by atoms with Crippen molar-refractivity contribution in [2.24, 2.45) is 5.14 Å². The quantitative estimate of drug-likeness (QED) is 0.760. The summed E-state index contributed by atoms with van der Waals surface area (Å²) in [6.07, 6.45) is 2.57. The highest BCUT2D eigenvalue weighted by molar-refractivity contribution is 7.88. The Morgan fingerprint density at radius 2 is 2.00 bits per heavy atom. The minimum Gasteiger partial charge on any atom is -0.380 e. The van der Waals surface area contributed by atoms with Gasteiger partial charge in [0.1, 0.15) is 5.60 Å². The number of nitrogens with two attached hydrogens (primary N) is 1. The Morgan fingerprint density at radius 3 is 2.60 bits per heavy atom. The zero-order chi connectivity index (χ0) is 14.8. The van der Waals surface area contributed by atoms with Crippen LogP contribution >= 0.6 is 0 Å². The maximum atomic E-state index is 12.0. The van der Waals surface area contributed by atoms with Gasteiger partial charge in [-0.05, 0) is 43.4 Å². The number of anilines is 1. The Balaban J connectivity index is 2.10. The molecule has 0 unspecified atom stereocenters. The van der Waals surface area contributed by atoms with E-state index in [0.29, 0.717) is 24.1 Å². The van der Waals surface area contributed by atoms with Crippen molar-refractivity contribution in [3.05, 3.63) is 29.8 Å². The van der Waals surface area contributed by atoms with Gasteiger partial charge in [-0.25, -0.2) is 13.6 Å². The van der Waals surface area contributed by atoms with E-state index in [0.717, 1.165) is 12.8 Å². The predicted octanol–water partition coefficient (Wildman–Crippen LogP) is 0.719. The lowest BCUT2D eigenvalue weighted by Crippen LogP contribution is -2.40. The van der Waals surface area contributed by atoms with E-state index < -0.39 is 21.5 Å². The van der Waals surface area contributed by atoms with Crippen LogP contribution in [0.3, 0.4) is 0 Å². The molecule has 20 heavy (non-hydrogen) atoms. The third kappa shape index (κ3) is 3.78. The number of aliphatic hydroxyl groups is 1. The molecular weight excluding hydrogens is 280 g/mol. The van der Waals surface area contributed by atoms with Crippen molar-refractivity contribution in [1.82, 2.24) is 0 Å². The molecule has 0 bridgehead atoms. The van der Waals surface area contributed by atoms with Gasteiger partial charge in [0.25, 0.3) is 5.91 Å². The number of sulfonamides is 1. The van der Waals surface area contributed by atoms with E-state index in [1.54, 1.807) is 24.3 Å². The van der Waals surface area contributed by atoms with Crippen LogP contribution in [0, 0.1) is 0 Å². The molecular formula is C13H18N2O4S. The van der Waals surface area contributed by atoms with E-state index in [-0.39, 0.29) is 5.75 Å². The summed E-state index contributed by atoms with van der Waals surface area (Å²) in [5, 5.41) is 17.8. The van der Waals surface area contributed by atoms with Crippen LogP contribution in [0.5, 0.6) is 0 Å². The summed E-state index contributed by atoms with van der Waals surface area (Å²) in [4.78, 5) is 12.0. The summed E-state index contributed by atoms with van der Waals surface area (Å²) in [6.45, 7) is 0. The van der Waals surface area contributed by atoms with Crippen molar-refractivity contribution in [2.75, 3.05) is 5.32 Å². The molecule has 1 fully saturated rings. The Morgan fingerprint density at radius 1 is 1.35 bits per heavy atom. The first-order valence-corrected chi connectivity index (χ1v) is 8.13. The first-order chi connectivity index (χ1) is 9.28. The second-order valence-electron chi connectivity index (χ2n) is 5.20. The smallest absolute Gasteiger partial charge is 0.256 e. The van der Waals surface area contributed by atoms with E-state index >= 15 is 0 Å². The summed E-state index contributed by atoms with van der Waals surface area (Å²) in [5.41, 5.74) is -0.365. The molecule has 4 N–H and O–H groups in total. The molecule has 1 aromatic rings. The minimum atomic E-state index is -3.61. The molecule has 7 heteroatoms. The molecule has 0 radical (unpaired) electrons. The first kappa shape index (κ1) is 15.0. The molecule has 0 atom stereocenters. The number of carbonyl (C=O) groups is 1. The highest BCUT2D eigenvalue weighted by Gasteiger charge is 2.38. The fraction of sp³-hybridized carbons (Fsp3) is 0.462. The lowest BCUT2D eigenvalue weighted by molar-refractivity contribution is -0.133. The van der Waals surface area contributed by atoms with Gasteiger partial charge >= 0.3 is 0 Å². The van der Waals surface area contributed by atoms with Gasteiger partial charge in [-0.1, -0.05) is 12.1 Å². The fourth-order valence-electron chi connectivity index (χ4n) is 2.41. The number of rotatable bonds is 4. The predicted molar refractivity (Wildman–Crippen MR) is 75.3 cm³/mol. The summed E-state index contributed by atoms with van der Waals surface area (Å²) in [6, 6.07) is 6.43. The zero-order valence-corrected chi connectivity index (χ0v) is 11.8. The molecule has 2 rings (SSSR count). The third-order valence-corrected chi connectivity index (χ3v) is 4.14. The number of nitrogens with one attached hydrogen (secondary N) is 1. The number of amides is 1. The first-order valence-electron chi connectivity index (χ1n) is 6.42. The second kappa shape index (κ2) is 5.51. The molecule has 0 heterocycles. The molecule has 0 aromatic heterocycles. The molecule has 0 spiro atoms. The Hall–Kier alpha value is -1.44. The molecule has 1 aliphatic rings. The number of primary sulfonamides is 1. The van der Waals surface area contributed by atoms with E-state index in [1.165, 1.54) is 0 Å². The molecule has 1 amide bonds. The largest absolute Gasteiger partial charge is 0.380 e. The molecule has 1 aliphatic carbocycles. The average molecular weight is 298 g/mol. The van der Waals surface area contributed by atoms with Crippen molar-refractivity contribution >= 4 is 21.6 Å². The van der Waals surface area contributed by atoms with Crippen LogP contribution in [0.2, 0.25) is 0 Å². The zero-order valence-electron chi connectivity index (χ0n) is 11.0. The van der Waals surface area contributed by atoms with Gasteiger partial charge in [-0.2, -0.15) is 0 Å². The van der Waals surface area contributed by atoms with E-state index in [4.69, 9.17) is 5.14 Å².